The van der Waals surface area contributed by atoms with E-state index in [9.17, 15) is 9.59 Å². The van der Waals surface area contributed by atoms with E-state index in [0.717, 1.165) is 25.2 Å². The molecule has 1 aromatic rings. The van der Waals surface area contributed by atoms with Crippen molar-refractivity contribution in [3.63, 3.8) is 0 Å². The fourth-order valence-corrected chi connectivity index (χ4v) is 2.75. The average Bonchev–Trinajstić information content (AvgIpc) is 2.65. The molecule has 2 heterocycles. The van der Waals surface area contributed by atoms with E-state index >= 15 is 0 Å². The smallest absolute Gasteiger partial charge is 0.409 e. The summed E-state index contributed by atoms with van der Waals surface area (Å²) in [5.41, 5.74) is 1.32. The van der Waals surface area contributed by atoms with Crippen LogP contribution in [0.2, 0.25) is 0 Å². The van der Waals surface area contributed by atoms with E-state index < -0.39 is 0 Å². The molecule has 0 aliphatic carbocycles. The summed E-state index contributed by atoms with van der Waals surface area (Å²) in [6, 6.07) is 3.65. The number of ether oxygens (including phenoxy) is 1. The molecule has 2 amide bonds. The molecule has 0 radical (unpaired) electrons. The Labute approximate surface area is 155 Å². The number of pyridine rings is 1. The Morgan fingerprint density at radius 2 is 1.92 bits per heavy atom. The molecular weight excluding hydrogens is 334 g/mol. The second-order valence-electron chi connectivity index (χ2n) is 6.49. The molecule has 2 rings (SSSR count). The first-order chi connectivity index (χ1) is 12.5. The maximum atomic E-state index is 12.7. The lowest BCUT2D eigenvalue weighted by Gasteiger charge is -2.33. The van der Waals surface area contributed by atoms with Gasteiger partial charge in [0.05, 0.1) is 6.61 Å². The van der Waals surface area contributed by atoms with Crippen LogP contribution < -0.4 is 5.32 Å². The summed E-state index contributed by atoms with van der Waals surface area (Å²) < 4.78 is 5.00. The number of nitrogens with one attached hydrogen (secondary N) is 1. The van der Waals surface area contributed by atoms with Crippen LogP contribution in [0.25, 0.3) is 0 Å². The van der Waals surface area contributed by atoms with Gasteiger partial charge in [-0.2, -0.15) is 0 Å². The molecule has 1 saturated heterocycles. The van der Waals surface area contributed by atoms with Crippen molar-refractivity contribution in [1.29, 1.82) is 0 Å². The van der Waals surface area contributed by atoms with Crippen molar-refractivity contribution in [2.75, 3.05) is 65.3 Å². The lowest BCUT2D eigenvalue weighted by Crippen LogP contribution is -2.50. The summed E-state index contributed by atoms with van der Waals surface area (Å²) in [4.78, 5) is 34.1. The van der Waals surface area contributed by atoms with Gasteiger partial charge in [-0.3, -0.25) is 9.78 Å². The third-order valence-electron chi connectivity index (χ3n) is 4.18. The molecule has 0 aromatic carbocycles. The zero-order chi connectivity index (χ0) is 18.9. The number of rotatable bonds is 7. The number of nitrogens with zero attached hydrogens (tertiary/aromatic N) is 4. The molecule has 0 spiro atoms. The van der Waals surface area contributed by atoms with Crippen LogP contribution in [0.15, 0.2) is 18.3 Å². The minimum atomic E-state index is -0.318. The minimum Gasteiger partial charge on any atom is -0.450 e. The Bertz CT molecular complexity index is 600. The summed E-state index contributed by atoms with van der Waals surface area (Å²) in [6.45, 7) is 5.92. The van der Waals surface area contributed by atoms with E-state index in [1.165, 1.54) is 0 Å². The molecule has 8 nitrogen and oxygen atoms in total. The molecule has 0 unspecified atom stereocenters. The van der Waals surface area contributed by atoms with Gasteiger partial charge in [-0.1, -0.05) is 0 Å². The molecule has 26 heavy (non-hydrogen) atoms. The SMILES string of the molecule is CCOC(=O)N1CCN(C(=O)c2cc(NCCCN(C)C)ccn2)CC1. The minimum absolute atomic E-state index is 0.106. The highest BCUT2D eigenvalue weighted by molar-refractivity contribution is 5.93. The first-order valence-electron chi connectivity index (χ1n) is 9.07. The molecule has 8 heteroatoms. The van der Waals surface area contributed by atoms with Gasteiger partial charge in [0.15, 0.2) is 0 Å². The van der Waals surface area contributed by atoms with Gasteiger partial charge in [-0.15, -0.1) is 0 Å². The number of hydrogen-bond donors (Lipinski definition) is 1. The molecule has 144 valence electrons. The molecule has 0 bridgehead atoms. The van der Waals surface area contributed by atoms with Gasteiger partial charge >= 0.3 is 6.09 Å². The highest BCUT2D eigenvalue weighted by atomic mass is 16.6. The lowest BCUT2D eigenvalue weighted by molar-refractivity contribution is 0.0566. The van der Waals surface area contributed by atoms with E-state index in [0.29, 0.717) is 38.5 Å². The van der Waals surface area contributed by atoms with Gasteiger partial charge in [0, 0.05) is 44.6 Å². The number of anilines is 1. The molecule has 0 saturated carbocycles. The Morgan fingerprint density at radius 3 is 2.58 bits per heavy atom. The largest absolute Gasteiger partial charge is 0.450 e. The summed E-state index contributed by atoms with van der Waals surface area (Å²) in [5.74, 6) is -0.106. The van der Waals surface area contributed by atoms with Gasteiger partial charge in [0.2, 0.25) is 0 Å². The molecule has 1 aliphatic rings. The summed E-state index contributed by atoms with van der Waals surface area (Å²) in [6.07, 6.45) is 2.35. The van der Waals surface area contributed by atoms with E-state index in [1.807, 2.05) is 20.2 Å². The van der Waals surface area contributed by atoms with Crippen molar-refractivity contribution in [2.45, 2.75) is 13.3 Å². The predicted molar refractivity (Wildman–Crippen MR) is 100 cm³/mol. The topological polar surface area (TPSA) is 78.0 Å². The van der Waals surface area contributed by atoms with Gasteiger partial charge in [0.25, 0.3) is 5.91 Å². The van der Waals surface area contributed by atoms with Crippen LogP contribution in [-0.4, -0.2) is 91.7 Å². The van der Waals surface area contributed by atoms with Crippen LogP contribution in [-0.2, 0) is 4.74 Å². The van der Waals surface area contributed by atoms with Gasteiger partial charge < -0.3 is 24.8 Å². The molecular formula is C18H29N5O3. The van der Waals surface area contributed by atoms with Crippen LogP contribution in [0.5, 0.6) is 0 Å². The summed E-state index contributed by atoms with van der Waals surface area (Å²) in [5, 5.41) is 3.33. The van der Waals surface area contributed by atoms with Crippen LogP contribution >= 0.6 is 0 Å². The first kappa shape index (κ1) is 20.0. The van der Waals surface area contributed by atoms with Gasteiger partial charge in [0.1, 0.15) is 5.69 Å². The van der Waals surface area contributed by atoms with Crippen LogP contribution in [0.1, 0.15) is 23.8 Å². The number of carbonyl (C=O) groups excluding carboxylic acids is 2. The predicted octanol–water partition coefficient (Wildman–Crippen LogP) is 1.36. The van der Waals surface area contributed by atoms with Crippen molar-refractivity contribution in [2.24, 2.45) is 0 Å². The van der Waals surface area contributed by atoms with E-state index in [-0.39, 0.29) is 12.0 Å². The number of amides is 2. The third-order valence-corrected chi connectivity index (χ3v) is 4.18. The zero-order valence-corrected chi connectivity index (χ0v) is 15.9. The number of carbonyl (C=O) groups is 2. The van der Waals surface area contributed by atoms with E-state index in [1.54, 1.807) is 29.0 Å². The van der Waals surface area contributed by atoms with E-state index in [2.05, 4.69) is 15.2 Å². The Balaban J connectivity index is 1.86. The molecule has 1 N–H and O–H groups in total. The Morgan fingerprint density at radius 1 is 1.23 bits per heavy atom. The monoisotopic (exact) mass is 363 g/mol. The Hall–Kier alpha value is -2.35. The van der Waals surface area contributed by atoms with Gasteiger partial charge in [-0.25, -0.2) is 4.79 Å². The second kappa shape index (κ2) is 9.96. The van der Waals surface area contributed by atoms with Crippen molar-refractivity contribution < 1.29 is 14.3 Å². The van der Waals surface area contributed by atoms with Crippen LogP contribution in [0.4, 0.5) is 10.5 Å². The van der Waals surface area contributed by atoms with Crippen LogP contribution in [0.3, 0.4) is 0 Å². The molecule has 1 fully saturated rings. The summed E-state index contributed by atoms with van der Waals surface area (Å²) >= 11 is 0. The first-order valence-corrected chi connectivity index (χ1v) is 9.07. The number of hydrogen-bond acceptors (Lipinski definition) is 6. The second-order valence-corrected chi connectivity index (χ2v) is 6.49. The van der Waals surface area contributed by atoms with Crippen molar-refractivity contribution in [1.82, 2.24) is 19.7 Å². The fraction of sp³-hybridized carbons (Fsp3) is 0.611. The maximum Gasteiger partial charge on any atom is 0.409 e. The normalized spacial score (nSPS) is 14.5. The quantitative estimate of drug-likeness (QED) is 0.737. The lowest BCUT2D eigenvalue weighted by atomic mass is 10.2. The van der Waals surface area contributed by atoms with Crippen molar-refractivity contribution in [3.8, 4) is 0 Å². The zero-order valence-electron chi connectivity index (χ0n) is 15.9. The number of piperazine rings is 1. The highest BCUT2D eigenvalue weighted by Crippen LogP contribution is 2.12. The third kappa shape index (κ3) is 5.87. The Kier molecular flexibility index (Phi) is 7.65. The summed E-state index contributed by atoms with van der Waals surface area (Å²) in [7, 11) is 4.09. The maximum absolute atomic E-state index is 12.7. The highest BCUT2D eigenvalue weighted by Gasteiger charge is 2.26. The number of aromatic nitrogens is 1. The molecule has 1 aliphatic heterocycles. The van der Waals surface area contributed by atoms with Gasteiger partial charge in [-0.05, 0) is 46.1 Å². The molecule has 1 aromatic heterocycles. The van der Waals surface area contributed by atoms with Crippen LogP contribution in [0, 0.1) is 0 Å². The fourth-order valence-electron chi connectivity index (χ4n) is 2.75. The molecule has 0 atom stereocenters. The average molecular weight is 363 g/mol. The standard InChI is InChI=1S/C18H29N5O3/c1-4-26-18(25)23-12-10-22(11-13-23)17(24)16-14-15(6-8-20-16)19-7-5-9-21(2)3/h6,8,14H,4-5,7,9-13H2,1-3H3,(H,19,20). The van der Waals surface area contributed by atoms with Crippen molar-refractivity contribution in [3.05, 3.63) is 24.0 Å². The van der Waals surface area contributed by atoms with Crippen molar-refractivity contribution >= 4 is 17.7 Å². The van der Waals surface area contributed by atoms with E-state index in [4.69, 9.17) is 4.74 Å².